The van der Waals surface area contributed by atoms with E-state index in [1.165, 1.54) is 17.4 Å². The number of aromatic nitrogens is 3. The van der Waals surface area contributed by atoms with Crippen molar-refractivity contribution in [1.29, 1.82) is 0 Å². The molecule has 10 heteroatoms. The summed E-state index contributed by atoms with van der Waals surface area (Å²) in [5.74, 6) is -0.771. The molecule has 0 aliphatic carbocycles. The van der Waals surface area contributed by atoms with Gasteiger partial charge in [0.1, 0.15) is 21.6 Å². The second-order valence-electron chi connectivity index (χ2n) is 10.1. The first-order valence-electron chi connectivity index (χ1n) is 11.9. The third-order valence-corrected chi connectivity index (χ3v) is 8.08. The van der Waals surface area contributed by atoms with Crippen LogP contribution in [-0.4, -0.2) is 52.7 Å². The first-order valence-corrected chi connectivity index (χ1v) is 13.7. The Kier molecular flexibility index (Phi) is 7.26. The van der Waals surface area contributed by atoms with Gasteiger partial charge in [-0.05, 0) is 42.0 Å². The predicted octanol–water partition coefficient (Wildman–Crippen LogP) is 3.18. The zero-order valence-corrected chi connectivity index (χ0v) is 21.5. The van der Waals surface area contributed by atoms with Crippen molar-refractivity contribution in [1.82, 2.24) is 20.3 Å². The van der Waals surface area contributed by atoms with Crippen LogP contribution in [0.2, 0.25) is 0 Å². The highest BCUT2D eigenvalue weighted by molar-refractivity contribution is 7.91. The van der Waals surface area contributed by atoms with E-state index in [0.29, 0.717) is 24.1 Å². The number of rotatable bonds is 6. The minimum absolute atomic E-state index is 0.0283. The Morgan fingerprint density at radius 2 is 1.75 bits per heavy atom. The molecule has 3 heterocycles. The Hall–Kier alpha value is -3.53. The van der Waals surface area contributed by atoms with Crippen LogP contribution in [0.5, 0.6) is 0 Å². The molecule has 4 rings (SSSR count). The minimum atomic E-state index is -3.08. The number of imidazole rings is 1. The van der Waals surface area contributed by atoms with Crippen LogP contribution in [0.4, 0.5) is 5.69 Å². The fraction of sp³-hybridized carbons (Fsp3) is 0.385. The van der Waals surface area contributed by atoms with Crippen LogP contribution in [0.1, 0.15) is 61.3 Å². The quantitative estimate of drug-likeness (QED) is 0.526. The number of H-pyrrole nitrogens is 1. The number of sulfone groups is 1. The van der Waals surface area contributed by atoms with Crippen LogP contribution < -0.4 is 10.2 Å². The van der Waals surface area contributed by atoms with Gasteiger partial charge < -0.3 is 10.3 Å². The molecular weight excluding hydrogens is 478 g/mol. The van der Waals surface area contributed by atoms with E-state index in [9.17, 15) is 18.0 Å². The van der Waals surface area contributed by atoms with Gasteiger partial charge in [-0.1, -0.05) is 39.0 Å². The van der Waals surface area contributed by atoms with Crippen molar-refractivity contribution in [2.45, 2.75) is 51.1 Å². The molecule has 2 N–H and O–H groups in total. The van der Waals surface area contributed by atoms with Crippen molar-refractivity contribution in [2.24, 2.45) is 0 Å². The number of pyridine rings is 1. The maximum Gasteiger partial charge on any atom is 0.277 e. The van der Waals surface area contributed by atoms with E-state index in [1.54, 1.807) is 24.5 Å². The van der Waals surface area contributed by atoms with Gasteiger partial charge in [-0.15, -0.1) is 0 Å². The molecule has 0 bridgehead atoms. The highest BCUT2D eigenvalue weighted by atomic mass is 32.2. The number of hydrogen-bond acceptors (Lipinski definition) is 6. The molecular formula is C26H31N5O4S. The molecule has 0 radical (unpaired) electrons. The summed E-state index contributed by atoms with van der Waals surface area (Å²) in [6.07, 6.45) is 6.67. The van der Waals surface area contributed by atoms with Crippen molar-refractivity contribution < 1.29 is 18.0 Å². The third kappa shape index (κ3) is 5.81. The summed E-state index contributed by atoms with van der Waals surface area (Å²) in [5.41, 5.74) is 2.31. The van der Waals surface area contributed by atoms with Crippen molar-refractivity contribution in [3.05, 3.63) is 78.1 Å². The van der Waals surface area contributed by atoms with Gasteiger partial charge in [0.05, 0.1) is 24.0 Å². The summed E-state index contributed by atoms with van der Waals surface area (Å²) >= 11 is 0. The second kappa shape index (κ2) is 10.2. The Bertz CT molecular complexity index is 1290. The van der Waals surface area contributed by atoms with Gasteiger partial charge in [0, 0.05) is 29.7 Å². The van der Waals surface area contributed by atoms with Gasteiger partial charge in [0.2, 0.25) is 5.91 Å². The number of hydrogen-bond donors (Lipinski definition) is 2. The Labute approximate surface area is 211 Å². The number of nitrogens with one attached hydrogen (secondary N) is 2. The number of aromatic amines is 1. The number of carbonyl (C=O) groups excluding carboxylic acids is 2. The van der Waals surface area contributed by atoms with Crippen LogP contribution in [0.15, 0.2) is 61.3 Å². The van der Waals surface area contributed by atoms with E-state index < -0.39 is 27.7 Å². The zero-order chi connectivity index (χ0) is 25.9. The fourth-order valence-corrected chi connectivity index (χ4v) is 5.77. The highest BCUT2D eigenvalue weighted by Gasteiger charge is 2.36. The number of nitrogens with zero attached hydrogens (tertiary/aromatic N) is 3. The lowest BCUT2D eigenvalue weighted by molar-refractivity contribution is -0.123. The summed E-state index contributed by atoms with van der Waals surface area (Å²) in [6, 6.07) is 9.70. The molecule has 1 unspecified atom stereocenters. The van der Waals surface area contributed by atoms with Gasteiger partial charge in [-0.3, -0.25) is 19.5 Å². The van der Waals surface area contributed by atoms with E-state index in [2.05, 4.69) is 41.0 Å². The normalized spacial score (nSPS) is 16.8. The van der Waals surface area contributed by atoms with Crippen LogP contribution in [-0.2, 0) is 20.0 Å². The molecule has 0 saturated carbocycles. The summed E-state index contributed by atoms with van der Waals surface area (Å²) in [6.45, 7) is 6.31. The molecule has 190 valence electrons. The maximum atomic E-state index is 13.8. The Morgan fingerprint density at radius 3 is 2.31 bits per heavy atom. The molecule has 2 aromatic heterocycles. The summed E-state index contributed by atoms with van der Waals surface area (Å²) in [4.78, 5) is 40.0. The molecule has 3 aromatic rings. The lowest BCUT2D eigenvalue weighted by Crippen LogP contribution is -2.48. The maximum absolute atomic E-state index is 13.8. The van der Waals surface area contributed by atoms with Crippen molar-refractivity contribution in [3.63, 3.8) is 0 Å². The molecule has 36 heavy (non-hydrogen) atoms. The average Bonchev–Trinajstić information content (AvgIpc) is 3.39. The van der Waals surface area contributed by atoms with Crippen LogP contribution >= 0.6 is 0 Å². The van der Waals surface area contributed by atoms with Crippen molar-refractivity contribution in [3.8, 4) is 0 Å². The van der Waals surface area contributed by atoms with E-state index in [0.717, 1.165) is 5.56 Å². The van der Waals surface area contributed by atoms with E-state index in [4.69, 9.17) is 0 Å². The summed E-state index contributed by atoms with van der Waals surface area (Å²) in [5, 5.41) is 2.99. The largest absolute Gasteiger partial charge is 0.351 e. The predicted molar refractivity (Wildman–Crippen MR) is 137 cm³/mol. The molecule has 1 fully saturated rings. The smallest absolute Gasteiger partial charge is 0.277 e. The Morgan fingerprint density at radius 1 is 1.06 bits per heavy atom. The number of amides is 2. The topological polar surface area (TPSA) is 125 Å². The number of carbonyl (C=O) groups is 2. The third-order valence-electron chi connectivity index (χ3n) is 6.37. The summed E-state index contributed by atoms with van der Waals surface area (Å²) in [7, 11) is -3.08. The van der Waals surface area contributed by atoms with E-state index in [1.807, 2.05) is 24.3 Å². The molecule has 9 nitrogen and oxygen atoms in total. The lowest BCUT2D eigenvalue weighted by atomic mass is 9.87. The second-order valence-corrected chi connectivity index (χ2v) is 12.4. The molecule has 1 aliphatic heterocycles. The molecule has 1 atom stereocenters. The summed E-state index contributed by atoms with van der Waals surface area (Å²) < 4.78 is 23.7. The monoisotopic (exact) mass is 509 g/mol. The molecule has 1 saturated heterocycles. The van der Waals surface area contributed by atoms with Gasteiger partial charge in [0.15, 0.2) is 0 Å². The van der Waals surface area contributed by atoms with Gasteiger partial charge in [-0.2, -0.15) is 0 Å². The van der Waals surface area contributed by atoms with Crippen LogP contribution in [0, 0.1) is 0 Å². The lowest BCUT2D eigenvalue weighted by Gasteiger charge is -2.33. The SMILES string of the molecule is CC(C)(C)c1ccc(N(C(=O)c2cnc[nH]2)C(C(=O)NC2CCS(=O)(=O)CC2)c2cccnc2)cc1. The standard InChI is InChI=1S/C26H31N5O4S/c1-26(2,3)19-6-8-21(9-7-19)31(25(33)22-16-28-17-29-22)23(18-5-4-12-27-15-18)24(32)30-20-10-13-36(34,35)14-11-20/h4-9,12,15-17,20,23H,10-11,13-14H2,1-3H3,(H,28,29)(H,30,32). The number of anilines is 1. The fourth-order valence-electron chi connectivity index (χ4n) is 4.28. The van der Waals surface area contributed by atoms with E-state index in [-0.39, 0.29) is 28.7 Å². The first-order chi connectivity index (χ1) is 17.0. The van der Waals surface area contributed by atoms with Gasteiger partial charge in [-0.25, -0.2) is 13.4 Å². The van der Waals surface area contributed by atoms with Crippen molar-refractivity contribution in [2.75, 3.05) is 16.4 Å². The average molecular weight is 510 g/mol. The van der Waals surface area contributed by atoms with Gasteiger partial charge in [0.25, 0.3) is 5.91 Å². The van der Waals surface area contributed by atoms with Crippen LogP contribution in [0.25, 0.3) is 0 Å². The molecule has 1 aliphatic rings. The first kappa shape index (κ1) is 25.6. The highest BCUT2D eigenvalue weighted by Crippen LogP contribution is 2.32. The molecule has 1 aromatic carbocycles. The van der Waals surface area contributed by atoms with Crippen molar-refractivity contribution >= 4 is 27.3 Å². The number of benzene rings is 1. The minimum Gasteiger partial charge on any atom is -0.351 e. The van der Waals surface area contributed by atoms with E-state index >= 15 is 0 Å². The zero-order valence-electron chi connectivity index (χ0n) is 20.6. The molecule has 0 spiro atoms. The molecule has 2 amide bonds. The van der Waals surface area contributed by atoms with Gasteiger partial charge >= 0.3 is 0 Å². The van der Waals surface area contributed by atoms with Crippen LogP contribution in [0.3, 0.4) is 0 Å². The Balaban J connectivity index is 1.75.